The lowest BCUT2D eigenvalue weighted by molar-refractivity contribution is -0.145. The van der Waals surface area contributed by atoms with Gasteiger partial charge >= 0.3 is 6.18 Å². The van der Waals surface area contributed by atoms with E-state index < -0.39 is 12.0 Å². The summed E-state index contributed by atoms with van der Waals surface area (Å²) < 4.78 is 42.4. The van der Waals surface area contributed by atoms with Gasteiger partial charge in [0.05, 0.1) is 6.61 Å². The topological polar surface area (TPSA) is 55.2 Å². The molecule has 19 heavy (non-hydrogen) atoms. The summed E-state index contributed by atoms with van der Waals surface area (Å²) in [4.78, 5) is 6.40. The van der Waals surface area contributed by atoms with Crippen LogP contribution in [-0.2, 0) is 12.8 Å². The lowest BCUT2D eigenvalue weighted by atomic mass is 10.2. The van der Waals surface area contributed by atoms with E-state index in [1.165, 1.54) is 18.2 Å². The van der Waals surface area contributed by atoms with Crippen molar-refractivity contribution in [1.29, 1.82) is 0 Å². The van der Waals surface area contributed by atoms with E-state index in [1.54, 1.807) is 12.1 Å². The fraction of sp³-hybridized carbons (Fsp3) is 0.167. The standard InChI is InChI=1S/C12H9F3N2O2/c13-12(14,15)11-16-6-5-10(17-11)19-9-3-1-8(7-18)2-4-9/h1-6,18H,7H2. The van der Waals surface area contributed by atoms with E-state index in [4.69, 9.17) is 9.84 Å². The van der Waals surface area contributed by atoms with E-state index in [2.05, 4.69) is 9.97 Å². The molecule has 2 rings (SSSR count). The number of rotatable bonds is 3. The molecular formula is C12H9F3N2O2. The zero-order valence-corrected chi connectivity index (χ0v) is 9.55. The monoisotopic (exact) mass is 270 g/mol. The van der Waals surface area contributed by atoms with Crippen LogP contribution < -0.4 is 4.74 Å². The highest BCUT2D eigenvalue weighted by Crippen LogP contribution is 2.28. The summed E-state index contributed by atoms with van der Waals surface area (Å²) in [5.74, 6) is -1.12. The zero-order valence-electron chi connectivity index (χ0n) is 9.55. The second-order valence-corrected chi connectivity index (χ2v) is 3.62. The Morgan fingerprint density at radius 2 is 1.79 bits per heavy atom. The average molecular weight is 270 g/mol. The van der Waals surface area contributed by atoms with Gasteiger partial charge in [-0.2, -0.15) is 18.2 Å². The lowest BCUT2D eigenvalue weighted by Crippen LogP contribution is -2.10. The lowest BCUT2D eigenvalue weighted by Gasteiger charge is -2.08. The molecule has 0 bridgehead atoms. The first-order chi connectivity index (χ1) is 8.99. The first kappa shape index (κ1) is 13.3. The maximum absolute atomic E-state index is 12.4. The molecule has 0 aliphatic heterocycles. The van der Waals surface area contributed by atoms with Crippen molar-refractivity contribution >= 4 is 0 Å². The largest absolute Gasteiger partial charge is 0.451 e. The van der Waals surface area contributed by atoms with Crippen LogP contribution in [0.5, 0.6) is 11.6 Å². The van der Waals surface area contributed by atoms with E-state index in [9.17, 15) is 13.2 Å². The number of halogens is 3. The Bertz CT molecular complexity index is 556. The van der Waals surface area contributed by atoms with Crippen molar-refractivity contribution in [2.75, 3.05) is 0 Å². The quantitative estimate of drug-likeness (QED) is 0.931. The molecule has 0 aliphatic rings. The van der Waals surface area contributed by atoms with Crippen molar-refractivity contribution in [2.24, 2.45) is 0 Å². The van der Waals surface area contributed by atoms with Gasteiger partial charge in [-0.25, -0.2) is 4.98 Å². The SMILES string of the molecule is OCc1ccc(Oc2ccnc(C(F)(F)F)n2)cc1. The summed E-state index contributed by atoms with van der Waals surface area (Å²) in [5, 5.41) is 8.86. The zero-order chi connectivity index (χ0) is 13.9. The molecule has 4 nitrogen and oxygen atoms in total. The van der Waals surface area contributed by atoms with Gasteiger partial charge in [0.25, 0.3) is 0 Å². The highest BCUT2D eigenvalue weighted by Gasteiger charge is 2.34. The van der Waals surface area contributed by atoms with Gasteiger partial charge in [0.1, 0.15) is 5.75 Å². The Kier molecular flexibility index (Phi) is 3.66. The molecule has 100 valence electrons. The Morgan fingerprint density at radius 3 is 2.37 bits per heavy atom. The van der Waals surface area contributed by atoms with Gasteiger partial charge in [-0.05, 0) is 17.7 Å². The number of nitrogens with zero attached hydrogens (tertiary/aromatic N) is 2. The molecule has 0 fully saturated rings. The van der Waals surface area contributed by atoms with Crippen LogP contribution in [0, 0.1) is 0 Å². The molecule has 7 heteroatoms. The second kappa shape index (κ2) is 5.23. The number of benzene rings is 1. The van der Waals surface area contributed by atoms with Gasteiger partial charge in [0.2, 0.25) is 11.7 Å². The Balaban J connectivity index is 2.18. The third-order valence-electron chi connectivity index (χ3n) is 2.21. The molecule has 0 atom stereocenters. The molecule has 0 unspecified atom stereocenters. The summed E-state index contributed by atoms with van der Waals surface area (Å²) in [6.45, 7) is -0.119. The number of aromatic nitrogens is 2. The predicted molar refractivity (Wildman–Crippen MR) is 59.5 cm³/mol. The number of hydrogen-bond acceptors (Lipinski definition) is 4. The summed E-state index contributed by atoms with van der Waals surface area (Å²) in [5.41, 5.74) is 0.672. The molecule has 0 spiro atoms. The molecule has 0 radical (unpaired) electrons. The highest BCUT2D eigenvalue weighted by molar-refractivity contribution is 5.30. The van der Waals surface area contributed by atoms with Crippen molar-refractivity contribution in [3.05, 3.63) is 47.9 Å². The van der Waals surface area contributed by atoms with Crippen molar-refractivity contribution in [3.8, 4) is 11.6 Å². The van der Waals surface area contributed by atoms with Crippen LogP contribution >= 0.6 is 0 Å². The molecule has 0 amide bonds. The molecule has 0 aliphatic carbocycles. The van der Waals surface area contributed by atoms with E-state index in [1.807, 2.05) is 0 Å². The van der Waals surface area contributed by atoms with Gasteiger partial charge in [0.15, 0.2) is 0 Å². The fourth-order valence-corrected chi connectivity index (χ4v) is 1.32. The molecule has 1 aromatic heterocycles. The van der Waals surface area contributed by atoms with Crippen LogP contribution in [-0.4, -0.2) is 15.1 Å². The van der Waals surface area contributed by atoms with Gasteiger partial charge in [-0.3, -0.25) is 0 Å². The van der Waals surface area contributed by atoms with Gasteiger partial charge < -0.3 is 9.84 Å². The van der Waals surface area contributed by atoms with Crippen LogP contribution in [0.25, 0.3) is 0 Å². The maximum Gasteiger partial charge on any atom is 0.451 e. The van der Waals surface area contributed by atoms with E-state index in [0.29, 0.717) is 11.3 Å². The van der Waals surface area contributed by atoms with Crippen LogP contribution in [0.1, 0.15) is 11.4 Å². The van der Waals surface area contributed by atoms with Crippen molar-refractivity contribution in [1.82, 2.24) is 9.97 Å². The van der Waals surface area contributed by atoms with Crippen molar-refractivity contribution in [2.45, 2.75) is 12.8 Å². The highest BCUT2D eigenvalue weighted by atomic mass is 19.4. The Hall–Kier alpha value is -2.15. The van der Waals surface area contributed by atoms with Gasteiger partial charge in [-0.15, -0.1) is 0 Å². The fourth-order valence-electron chi connectivity index (χ4n) is 1.32. The van der Waals surface area contributed by atoms with Crippen LogP contribution in [0.3, 0.4) is 0 Å². The molecule has 1 aromatic carbocycles. The Labute approximate surface area is 106 Å². The number of aliphatic hydroxyl groups excluding tert-OH is 1. The average Bonchev–Trinajstić information content (AvgIpc) is 2.39. The molecule has 2 aromatic rings. The summed E-state index contributed by atoms with van der Waals surface area (Å²) in [6, 6.07) is 7.49. The van der Waals surface area contributed by atoms with Crippen LogP contribution in [0.2, 0.25) is 0 Å². The van der Waals surface area contributed by atoms with E-state index in [-0.39, 0.29) is 12.5 Å². The molecule has 1 heterocycles. The molecular weight excluding hydrogens is 261 g/mol. The summed E-state index contributed by atoms with van der Waals surface area (Å²) in [6.07, 6.45) is -3.63. The minimum Gasteiger partial charge on any atom is -0.439 e. The smallest absolute Gasteiger partial charge is 0.439 e. The molecule has 0 saturated heterocycles. The molecule has 1 N–H and O–H groups in total. The first-order valence-electron chi connectivity index (χ1n) is 5.27. The minimum absolute atomic E-state index is 0.119. The number of aliphatic hydroxyl groups is 1. The minimum atomic E-state index is -4.61. The summed E-state index contributed by atoms with van der Waals surface area (Å²) in [7, 11) is 0. The van der Waals surface area contributed by atoms with E-state index >= 15 is 0 Å². The van der Waals surface area contributed by atoms with Crippen molar-refractivity contribution < 1.29 is 23.0 Å². The first-order valence-corrected chi connectivity index (χ1v) is 5.27. The van der Waals surface area contributed by atoms with Crippen LogP contribution in [0.15, 0.2) is 36.5 Å². The van der Waals surface area contributed by atoms with Crippen molar-refractivity contribution in [3.63, 3.8) is 0 Å². The number of alkyl halides is 3. The number of ether oxygens (including phenoxy) is 1. The normalized spacial score (nSPS) is 11.4. The van der Waals surface area contributed by atoms with Gasteiger partial charge in [-0.1, -0.05) is 12.1 Å². The third-order valence-corrected chi connectivity index (χ3v) is 2.21. The Morgan fingerprint density at radius 1 is 1.11 bits per heavy atom. The van der Waals surface area contributed by atoms with E-state index in [0.717, 1.165) is 6.20 Å². The van der Waals surface area contributed by atoms with Gasteiger partial charge in [0, 0.05) is 12.3 Å². The number of hydrogen-bond donors (Lipinski definition) is 1. The molecule has 0 saturated carbocycles. The summed E-state index contributed by atoms with van der Waals surface area (Å²) >= 11 is 0. The van der Waals surface area contributed by atoms with Crippen LogP contribution in [0.4, 0.5) is 13.2 Å². The second-order valence-electron chi connectivity index (χ2n) is 3.62. The predicted octanol–water partition coefficient (Wildman–Crippen LogP) is 2.78. The maximum atomic E-state index is 12.4. The third kappa shape index (κ3) is 3.41.